The molecule has 0 amide bonds. The second kappa shape index (κ2) is 6.44. The summed E-state index contributed by atoms with van der Waals surface area (Å²) in [7, 11) is 1.48. The summed E-state index contributed by atoms with van der Waals surface area (Å²) >= 11 is 0. The summed E-state index contributed by atoms with van der Waals surface area (Å²) in [6.07, 6.45) is -0.920. The van der Waals surface area contributed by atoms with E-state index in [1.54, 1.807) is 6.07 Å². The highest BCUT2D eigenvalue weighted by molar-refractivity contribution is 5.73. The molecule has 0 aliphatic carbocycles. The molecule has 1 unspecified atom stereocenters. The molecule has 9 heteroatoms. The van der Waals surface area contributed by atoms with Crippen LogP contribution in [0.4, 0.5) is 5.95 Å². The lowest BCUT2D eigenvalue weighted by Crippen LogP contribution is -2.30. The van der Waals surface area contributed by atoms with Crippen molar-refractivity contribution in [2.45, 2.75) is 19.6 Å². The average Bonchev–Trinajstić information content (AvgIpc) is 2.88. The number of nitrogens with zero attached hydrogens (tertiary/aromatic N) is 3. The summed E-state index contributed by atoms with van der Waals surface area (Å²) in [5.41, 5.74) is 6.01. The van der Waals surface area contributed by atoms with E-state index in [2.05, 4.69) is 9.97 Å². The van der Waals surface area contributed by atoms with Crippen LogP contribution in [0, 0.1) is 6.92 Å². The molecule has 1 aromatic carbocycles. The molecule has 2 aromatic heterocycles. The van der Waals surface area contributed by atoms with Gasteiger partial charge in [-0.05, 0) is 24.6 Å². The van der Waals surface area contributed by atoms with Crippen molar-refractivity contribution in [3.63, 3.8) is 0 Å². The highest BCUT2D eigenvalue weighted by Crippen LogP contribution is 2.15. The third-order valence-corrected chi connectivity index (χ3v) is 3.86. The molecule has 4 N–H and O–H groups in total. The molecule has 0 saturated heterocycles. The van der Waals surface area contributed by atoms with Crippen LogP contribution < -0.4 is 21.7 Å². The zero-order chi connectivity index (χ0) is 18.1. The Hall–Kier alpha value is -3.07. The van der Waals surface area contributed by atoms with Gasteiger partial charge < -0.3 is 20.1 Å². The van der Waals surface area contributed by atoms with Gasteiger partial charge in [0.25, 0.3) is 5.56 Å². The van der Waals surface area contributed by atoms with E-state index < -0.39 is 17.4 Å². The SMILES string of the molecule is Cc1cccc(OCC(O)Cn2c(N)nc3c2c(=O)[nH]c(=O)n3C)c1. The monoisotopic (exact) mass is 345 g/mol. The Morgan fingerprint density at radius 2 is 2.16 bits per heavy atom. The van der Waals surface area contributed by atoms with E-state index in [1.165, 1.54) is 16.2 Å². The lowest BCUT2D eigenvalue weighted by molar-refractivity contribution is 0.0938. The number of hydrogen-bond acceptors (Lipinski definition) is 6. The number of H-pyrrole nitrogens is 1. The van der Waals surface area contributed by atoms with Gasteiger partial charge in [0, 0.05) is 7.05 Å². The minimum absolute atomic E-state index is 0.00936. The van der Waals surface area contributed by atoms with E-state index in [9.17, 15) is 14.7 Å². The van der Waals surface area contributed by atoms with Gasteiger partial charge in [-0.3, -0.25) is 14.3 Å². The number of aromatic nitrogens is 4. The molecular formula is C16H19N5O4. The van der Waals surface area contributed by atoms with E-state index in [-0.39, 0.29) is 30.3 Å². The van der Waals surface area contributed by atoms with Crippen molar-refractivity contribution in [2.75, 3.05) is 12.3 Å². The van der Waals surface area contributed by atoms with E-state index in [4.69, 9.17) is 10.5 Å². The number of benzene rings is 1. The maximum Gasteiger partial charge on any atom is 0.329 e. The largest absolute Gasteiger partial charge is 0.491 e. The first kappa shape index (κ1) is 16.8. The van der Waals surface area contributed by atoms with Crippen LogP contribution in [-0.2, 0) is 13.6 Å². The zero-order valence-electron chi connectivity index (χ0n) is 13.9. The molecule has 0 aliphatic rings. The van der Waals surface area contributed by atoms with Gasteiger partial charge in [0.05, 0.1) is 6.54 Å². The summed E-state index contributed by atoms with van der Waals surface area (Å²) in [4.78, 5) is 30.0. The summed E-state index contributed by atoms with van der Waals surface area (Å²) in [5, 5.41) is 10.2. The van der Waals surface area contributed by atoms with Crippen LogP contribution in [0.2, 0.25) is 0 Å². The number of hydrogen-bond donors (Lipinski definition) is 3. The van der Waals surface area contributed by atoms with E-state index in [0.717, 1.165) is 5.56 Å². The quantitative estimate of drug-likeness (QED) is 0.585. The Kier molecular flexibility index (Phi) is 4.32. The van der Waals surface area contributed by atoms with Crippen molar-refractivity contribution in [3.05, 3.63) is 50.7 Å². The van der Waals surface area contributed by atoms with Crippen LogP contribution in [-0.4, -0.2) is 36.9 Å². The van der Waals surface area contributed by atoms with Crippen LogP contribution in [0.3, 0.4) is 0 Å². The minimum atomic E-state index is -0.920. The second-order valence-corrected chi connectivity index (χ2v) is 5.85. The Balaban J connectivity index is 1.83. The fourth-order valence-electron chi connectivity index (χ4n) is 2.60. The first-order valence-corrected chi connectivity index (χ1v) is 7.69. The summed E-state index contributed by atoms with van der Waals surface area (Å²) < 4.78 is 8.12. The second-order valence-electron chi connectivity index (χ2n) is 5.85. The molecule has 0 bridgehead atoms. The number of aliphatic hydroxyl groups is 1. The fourth-order valence-corrected chi connectivity index (χ4v) is 2.60. The first-order valence-electron chi connectivity index (χ1n) is 7.69. The van der Waals surface area contributed by atoms with Gasteiger partial charge in [0.2, 0.25) is 5.95 Å². The predicted molar refractivity (Wildman–Crippen MR) is 92.7 cm³/mol. The third-order valence-electron chi connectivity index (χ3n) is 3.86. The van der Waals surface area contributed by atoms with E-state index >= 15 is 0 Å². The maximum atomic E-state index is 12.1. The summed E-state index contributed by atoms with van der Waals surface area (Å²) in [6.45, 7) is 1.97. The Morgan fingerprint density at radius 1 is 1.40 bits per heavy atom. The Labute approximate surface area is 142 Å². The lowest BCUT2D eigenvalue weighted by atomic mass is 10.2. The number of fused-ring (bicyclic) bond motifs is 1. The number of aliphatic hydroxyl groups excluding tert-OH is 1. The molecule has 0 fully saturated rings. The van der Waals surface area contributed by atoms with Crippen LogP contribution in [0.25, 0.3) is 11.2 Å². The highest BCUT2D eigenvalue weighted by atomic mass is 16.5. The summed E-state index contributed by atoms with van der Waals surface area (Å²) in [5.74, 6) is 0.680. The van der Waals surface area contributed by atoms with Crippen molar-refractivity contribution < 1.29 is 9.84 Å². The number of aryl methyl sites for hydroxylation is 2. The first-order chi connectivity index (χ1) is 11.9. The van der Waals surface area contributed by atoms with Gasteiger partial charge in [-0.1, -0.05) is 12.1 Å². The molecule has 0 aliphatic heterocycles. The average molecular weight is 345 g/mol. The number of anilines is 1. The van der Waals surface area contributed by atoms with Gasteiger partial charge in [-0.15, -0.1) is 0 Å². The van der Waals surface area contributed by atoms with Gasteiger partial charge in [-0.25, -0.2) is 4.79 Å². The van der Waals surface area contributed by atoms with Gasteiger partial charge >= 0.3 is 5.69 Å². The van der Waals surface area contributed by atoms with Crippen molar-refractivity contribution in [1.82, 2.24) is 19.1 Å². The standard InChI is InChI=1S/C16H19N5O4/c1-9-4-3-5-11(6-9)25-8-10(22)7-21-12-13(18-15(21)17)20(2)16(24)19-14(12)23/h3-6,10,22H,7-8H2,1-2H3,(H2,17,18)(H,19,23,24). The molecule has 0 saturated carbocycles. The molecule has 3 rings (SSSR count). The molecule has 3 aromatic rings. The van der Waals surface area contributed by atoms with Gasteiger partial charge in [-0.2, -0.15) is 4.98 Å². The molecule has 0 radical (unpaired) electrons. The Bertz CT molecular complexity index is 1030. The van der Waals surface area contributed by atoms with Crippen molar-refractivity contribution in [1.29, 1.82) is 0 Å². The zero-order valence-corrected chi connectivity index (χ0v) is 13.9. The van der Waals surface area contributed by atoms with Crippen molar-refractivity contribution in [2.24, 2.45) is 7.05 Å². The number of rotatable bonds is 5. The predicted octanol–water partition coefficient (Wildman–Crippen LogP) is -0.246. The maximum absolute atomic E-state index is 12.1. The van der Waals surface area contributed by atoms with Crippen molar-refractivity contribution >= 4 is 17.1 Å². The van der Waals surface area contributed by atoms with Crippen molar-refractivity contribution in [3.8, 4) is 5.75 Å². The molecule has 25 heavy (non-hydrogen) atoms. The lowest BCUT2D eigenvalue weighted by Gasteiger charge is -2.14. The highest BCUT2D eigenvalue weighted by Gasteiger charge is 2.18. The minimum Gasteiger partial charge on any atom is -0.491 e. The van der Waals surface area contributed by atoms with Crippen LogP contribution in [0.15, 0.2) is 33.9 Å². The molecule has 1 atom stereocenters. The molecule has 0 spiro atoms. The van der Waals surface area contributed by atoms with Crippen LogP contribution in [0.5, 0.6) is 5.75 Å². The number of aromatic amines is 1. The molecule has 9 nitrogen and oxygen atoms in total. The Morgan fingerprint density at radius 3 is 2.88 bits per heavy atom. The van der Waals surface area contributed by atoms with E-state index in [0.29, 0.717) is 5.75 Å². The number of nitrogens with one attached hydrogen (secondary N) is 1. The normalized spacial score (nSPS) is 12.4. The van der Waals surface area contributed by atoms with Gasteiger partial charge in [0.15, 0.2) is 11.2 Å². The molecule has 132 valence electrons. The molecule has 2 heterocycles. The summed E-state index contributed by atoms with van der Waals surface area (Å²) in [6, 6.07) is 7.45. The van der Waals surface area contributed by atoms with Crippen LogP contribution in [0.1, 0.15) is 5.56 Å². The number of nitrogens with two attached hydrogens (primary N) is 1. The number of nitrogen functional groups attached to an aromatic ring is 1. The number of ether oxygens (including phenoxy) is 1. The number of imidazole rings is 1. The van der Waals surface area contributed by atoms with Gasteiger partial charge in [0.1, 0.15) is 18.5 Å². The van der Waals surface area contributed by atoms with E-state index in [1.807, 2.05) is 25.1 Å². The molecular weight excluding hydrogens is 326 g/mol. The van der Waals surface area contributed by atoms with Crippen LogP contribution >= 0.6 is 0 Å². The fraction of sp³-hybridized carbons (Fsp3) is 0.312. The smallest absolute Gasteiger partial charge is 0.329 e. The topological polar surface area (TPSA) is 128 Å². The third kappa shape index (κ3) is 3.26.